The molecule has 1 aliphatic carbocycles. The van der Waals surface area contributed by atoms with Crippen LogP contribution in [0.2, 0.25) is 0 Å². The van der Waals surface area contributed by atoms with Gasteiger partial charge >= 0.3 is 0 Å². The zero-order chi connectivity index (χ0) is 18.2. The number of hydrogen-bond acceptors (Lipinski definition) is 4. The van der Waals surface area contributed by atoms with Gasteiger partial charge in [-0.1, -0.05) is 6.07 Å². The van der Waals surface area contributed by atoms with Gasteiger partial charge in [0.25, 0.3) is 0 Å². The van der Waals surface area contributed by atoms with Crippen LogP contribution >= 0.6 is 0 Å². The first-order chi connectivity index (χ1) is 13.3. The van der Waals surface area contributed by atoms with E-state index in [0.29, 0.717) is 24.1 Å². The van der Waals surface area contributed by atoms with Crippen molar-refractivity contribution in [2.75, 3.05) is 33.4 Å². The molecule has 0 radical (unpaired) electrons. The molecule has 1 aromatic rings. The molecule has 1 saturated carbocycles. The number of nitrogens with zero attached hydrogens (tertiary/aromatic N) is 1. The number of nitrogens with one attached hydrogen (secondary N) is 1. The molecule has 3 unspecified atom stereocenters. The van der Waals surface area contributed by atoms with Crippen LogP contribution < -0.4 is 10.1 Å². The third-order valence-electron chi connectivity index (χ3n) is 7.41. The van der Waals surface area contributed by atoms with Gasteiger partial charge in [-0.25, -0.2) is 0 Å². The van der Waals surface area contributed by atoms with E-state index >= 15 is 0 Å². The maximum Gasteiger partial charge on any atom is 0.119 e. The monoisotopic (exact) mass is 370 g/mol. The Hall–Kier alpha value is -1.10. The van der Waals surface area contributed by atoms with Gasteiger partial charge in [0.2, 0.25) is 0 Å². The molecule has 4 atom stereocenters. The fourth-order valence-corrected chi connectivity index (χ4v) is 5.61. The molecular formula is C23H34N2O2. The smallest absolute Gasteiger partial charge is 0.119 e. The van der Waals surface area contributed by atoms with Crippen LogP contribution in [0.1, 0.15) is 43.2 Å². The van der Waals surface area contributed by atoms with Crippen molar-refractivity contribution >= 4 is 0 Å². The lowest BCUT2D eigenvalue weighted by Crippen LogP contribution is -2.45. The molecule has 0 amide bonds. The third-order valence-corrected chi connectivity index (χ3v) is 7.41. The molecule has 27 heavy (non-hydrogen) atoms. The van der Waals surface area contributed by atoms with Gasteiger partial charge in [-0.3, -0.25) is 4.90 Å². The number of methoxy groups -OCH3 is 1. The fourth-order valence-electron chi connectivity index (χ4n) is 5.61. The van der Waals surface area contributed by atoms with Crippen LogP contribution in [0.4, 0.5) is 0 Å². The molecule has 4 aliphatic heterocycles. The van der Waals surface area contributed by atoms with Crippen molar-refractivity contribution in [3.8, 4) is 5.75 Å². The van der Waals surface area contributed by atoms with Gasteiger partial charge in [-0.2, -0.15) is 0 Å². The van der Waals surface area contributed by atoms with Crippen LogP contribution in [-0.4, -0.2) is 56.4 Å². The van der Waals surface area contributed by atoms with E-state index < -0.39 is 0 Å². The number of hydrogen-bond donors (Lipinski definition) is 1. The van der Waals surface area contributed by atoms with E-state index in [-0.39, 0.29) is 0 Å². The van der Waals surface area contributed by atoms with Crippen molar-refractivity contribution in [2.24, 2.45) is 11.8 Å². The highest BCUT2D eigenvalue weighted by atomic mass is 16.5. The summed E-state index contributed by atoms with van der Waals surface area (Å²) in [6, 6.07) is 8.03. The first-order valence-electron chi connectivity index (χ1n) is 11.0. The van der Waals surface area contributed by atoms with Gasteiger partial charge in [-0.05, 0) is 80.7 Å². The van der Waals surface area contributed by atoms with Gasteiger partial charge in [-0.15, -0.1) is 0 Å². The van der Waals surface area contributed by atoms with Gasteiger partial charge in [0.1, 0.15) is 5.75 Å². The van der Waals surface area contributed by atoms with Crippen LogP contribution in [0.15, 0.2) is 18.2 Å². The maximum absolute atomic E-state index is 6.43. The zero-order valence-corrected chi connectivity index (χ0v) is 16.7. The highest BCUT2D eigenvalue weighted by Crippen LogP contribution is 2.36. The van der Waals surface area contributed by atoms with Crippen molar-refractivity contribution < 1.29 is 9.47 Å². The average Bonchev–Trinajstić information content (AvgIpc) is 3.41. The Kier molecular flexibility index (Phi) is 5.14. The molecule has 4 heteroatoms. The molecule has 0 aromatic heterocycles. The van der Waals surface area contributed by atoms with Crippen LogP contribution in [-0.2, 0) is 17.6 Å². The second-order valence-electron chi connectivity index (χ2n) is 9.13. The molecule has 1 aromatic carbocycles. The minimum atomic E-state index is 0.391. The summed E-state index contributed by atoms with van der Waals surface area (Å²) in [4.78, 5) is 2.85. The maximum atomic E-state index is 6.43. The number of benzene rings is 1. The predicted octanol–water partition coefficient (Wildman–Crippen LogP) is 3.03. The topological polar surface area (TPSA) is 33.7 Å². The second-order valence-corrected chi connectivity index (χ2v) is 9.13. The summed E-state index contributed by atoms with van der Waals surface area (Å²) in [5.41, 5.74) is 2.93. The van der Waals surface area contributed by atoms with Gasteiger partial charge < -0.3 is 14.8 Å². The molecule has 148 valence electrons. The number of rotatable bonds is 3. The fraction of sp³-hybridized carbons (Fsp3) is 0.739. The molecule has 6 rings (SSSR count). The summed E-state index contributed by atoms with van der Waals surface area (Å²) < 4.78 is 11.9. The molecule has 4 bridgehead atoms. The summed E-state index contributed by atoms with van der Waals surface area (Å²) in [5, 5.41) is 3.79. The van der Waals surface area contributed by atoms with E-state index in [9.17, 15) is 0 Å². The molecule has 4 nitrogen and oxygen atoms in total. The molecule has 0 spiro atoms. The summed E-state index contributed by atoms with van der Waals surface area (Å²) in [6.45, 7) is 4.42. The Morgan fingerprint density at radius 1 is 1.15 bits per heavy atom. The average molecular weight is 371 g/mol. The van der Waals surface area contributed by atoms with Gasteiger partial charge in [0.05, 0.1) is 19.8 Å². The summed E-state index contributed by atoms with van der Waals surface area (Å²) >= 11 is 0. The van der Waals surface area contributed by atoms with Crippen molar-refractivity contribution in [2.45, 2.75) is 63.1 Å². The standard InChI is InChI=1S/C23H34N2O2/c1-26-20-6-4-17-12-19-5-7-22-21(8-10-25(19)15-16-2-3-16)23(14-24-22)27-11-9-18(17)13-20/h4,6,13,16,19,21-24H,2-3,5,7-12,14-15H2,1H3/t19?,21?,22?,23-/m1/s1. The van der Waals surface area contributed by atoms with Crippen molar-refractivity contribution in [3.05, 3.63) is 29.3 Å². The SMILES string of the molecule is COc1ccc2c(c1)CCO[C@@H]1CNC3CCC(C2)N(CC2CC2)CCC31. The third kappa shape index (κ3) is 3.90. The molecule has 5 aliphatic rings. The van der Waals surface area contributed by atoms with Crippen molar-refractivity contribution in [1.82, 2.24) is 10.2 Å². The first kappa shape index (κ1) is 18.0. The molecular weight excluding hydrogens is 336 g/mol. The van der Waals surface area contributed by atoms with Crippen LogP contribution in [0.5, 0.6) is 5.75 Å². The van der Waals surface area contributed by atoms with Crippen LogP contribution in [0.25, 0.3) is 0 Å². The number of fused-ring (bicyclic) bond motifs is 5. The normalized spacial score (nSPS) is 34.4. The van der Waals surface area contributed by atoms with Crippen LogP contribution in [0.3, 0.4) is 0 Å². The van der Waals surface area contributed by atoms with Crippen molar-refractivity contribution in [1.29, 1.82) is 0 Å². The van der Waals surface area contributed by atoms with E-state index in [1.165, 1.54) is 62.7 Å². The Morgan fingerprint density at radius 3 is 2.93 bits per heavy atom. The molecule has 3 fully saturated rings. The minimum absolute atomic E-state index is 0.391. The summed E-state index contributed by atoms with van der Waals surface area (Å²) in [7, 11) is 1.76. The minimum Gasteiger partial charge on any atom is -0.497 e. The number of ether oxygens (including phenoxy) is 2. The molecule has 2 saturated heterocycles. The quantitative estimate of drug-likeness (QED) is 0.887. The van der Waals surface area contributed by atoms with E-state index in [1.807, 2.05) is 0 Å². The largest absolute Gasteiger partial charge is 0.497 e. The zero-order valence-electron chi connectivity index (χ0n) is 16.7. The Balaban J connectivity index is 1.46. The molecule has 4 heterocycles. The highest BCUT2D eigenvalue weighted by molar-refractivity contribution is 5.36. The summed E-state index contributed by atoms with van der Waals surface area (Å²) in [6.07, 6.45) is 9.33. The lowest BCUT2D eigenvalue weighted by molar-refractivity contribution is 0.0198. The Morgan fingerprint density at radius 2 is 2.07 bits per heavy atom. The predicted molar refractivity (Wildman–Crippen MR) is 107 cm³/mol. The van der Waals surface area contributed by atoms with Gasteiger partial charge in [0, 0.05) is 31.1 Å². The van der Waals surface area contributed by atoms with E-state index in [0.717, 1.165) is 31.2 Å². The lowest BCUT2D eigenvalue weighted by atomic mass is 9.85. The second kappa shape index (κ2) is 7.73. The first-order valence-corrected chi connectivity index (χ1v) is 11.0. The molecule has 1 N–H and O–H groups in total. The van der Waals surface area contributed by atoms with Crippen molar-refractivity contribution in [3.63, 3.8) is 0 Å². The van der Waals surface area contributed by atoms with Crippen LogP contribution in [0, 0.1) is 11.8 Å². The van der Waals surface area contributed by atoms with E-state index in [2.05, 4.69) is 28.4 Å². The van der Waals surface area contributed by atoms with E-state index in [1.54, 1.807) is 7.11 Å². The Labute approximate surface area is 163 Å². The van der Waals surface area contributed by atoms with E-state index in [4.69, 9.17) is 9.47 Å². The summed E-state index contributed by atoms with van der Waals surface area (Å²) in [5.74, 6) is 2.62. The highest BCUT2D eigenvalue weighted by Gasteiger charge is 2.40. The lowest BCUT2D eigenvalue weighted by Gasteiger charge is -2.38. The van der Waals surface area contributed by atoms with Gasteiger partial charge in [0.15, 0.2) is 0 Å². The Bertz CT molecular complexity index is 660.